The summed E-state index contributed by atoms with van der Waals surface area (Å²) in [5, 5.41) is 4.26. The van der Waals surface area contributed by atoms with Crippen molar-refractivity contribution < 1.29 is 9.53 Å². The highest BCUT2D eigenvalue weighted by Gasteiger charge is 2.44. The molecule has 0 atom stereocenters. The molecule has 0 aliphatic heterocycles. The summed E-state index contributed by atoms with van der Waals surface area (Å²) in [6.45, 7) is 5.70. The van der Waals surface area contributed by atoms with Crippen LogP contribution >= 0.6 is 11.8 Å². The van der Waals surface area contributed by atoms with Crippen molar-refractivity contribution in [2.75, 3.05) is 18.9 Å². The van der Waals surface area contributed by atoms with E-state index >= 15 is 0 Å². The third kappa shape index (κ3) is 5.84. The molecule has 1 aliphatic carbocycles. The zero-order chi connectivity index (χ0) is 23.3. The molecule has 1 fully saturated rings. The summed E-state index contributed by atoms with van der Waals surface area (Å²) >= 11 is 1.31. The fraction of sp³-hybridized carbons (Fsp3) is 0.423. The molecule has 0 spiro atoms. The van der Waals surface area contributed by atoms with Gasteiger partial charge in [-0.3, -0.25) is 14.2 Å². The highest BCUT2D eigenvalue weighted by Crippen LogP contribution is 2.47. The summed E-state index contributed by atoms with van der Waals surface area (Å²) in [6, 6.07) is 17.7. The molecule has 1 heterocycles. The van der Waals surface area contributed by atoms with E-state index in [4.69, 9.17) is 9.72 Å². The molecule has 1 amide bonds. The van der Waals surface area contributed by atoms with Gasteiger partial charge in [0.2, 0.25) is 5.91 Å². The Balaban J connectivity index is 1.42. The number of aromatic nitrogens is 2. The van der Waals surface area contributed by atoms with Crippen molar-refractivity contribution in [3.05, 3.63) is 70.5 Å². The monoisotopic (exact) mass is 465 g/mol. The van der Waals surface area contributed by atoms with Gasteiger partial charge in [-0.05, 0) is 50.8 Å². The van der Waals surface area contributed by atoms with Crippen LogP contribution in [0.5, 0.6) is 0 Å². The van der Waals surface area contributed by atoms with Gasteiger partial charge in [0.1, 0.15) is 0 Å². The van der Waals surface area contributed by atoms with Gasteiger partial charge in [-0.1, -0.05) is 54.2 Å². The third-order valence-corrected chi connectivity index (χ3v) is 6.98. The predicted molar refractivity (Wildman–Crippen MR) is 133 cm³/mol. The maximum Gasteiger partial charge on any atom is 0.262 e. The van der Waals surface area contributed by atoms with E-state index in [1.165, 1.54) is 17.3 Å². The summed E-state index contributed by atoms with van der Waals surface area (Å²) < 4.78 is 7.31. The van der Waals surface area contributed by atoms with Crippen LogP contribution in [0.2, 0.25) is 0 Å². The highest BCUT2D eigenvalue weighted by atomic mass is 32.2. The Morgan fingerprint density at radius 1 is 1.15 bits per heavy atom. The number of hydrogen-bond acceptors (Lipinski definition) is 5. The van der Waals surface area contributed by atoms with Crippen molar-refractivity contribution in [2.45, 2.75) is 56.3 Å². The number of fused-ring (bicyclic) bond motifs is 1. The van der Waals surface area contributed by atoms with E-state index < -0.39 is 0 Å². The van der Waals surface area contributed by atoms with Crippen LogP contribution in [0, 0.1) is 0 Å². The fourth-order valence-electron chi connectivity index (χ4n) is 3.96. The van der Waals surface area contributed by atoms with Gasteiger partial charge in [-0.25, -0.2) is 4.98 Å². The number of hydrogen-bond donors (Lipinski definition) is 1. The lowest BCUT2D eigenvalue weighted by Gasteiger charge is -2.17. The van der Waals surface area contributed by atoms with Crippen molar-refractivity contribution in [3.63, 3.8) is 0 Å². The number of rotatable bonds is 11. The highest BCUT2D eigenvalue weighted by molar-refractivity contribution is 7.99. The van der Waals surface area contributed by atoms with E-state index in [1.807, 2.05) is 50.2 Å². The Labute approximate surface area is 198 Å². The van der Waals surface area contributed by atoms with Crippen LogP contribution in [0.4, 0.5) is 0 Å². The van der Waals surface area contributed by atoms with Crippen LogP contribution in [-0.2, 0) is 21.5 Å². The van der Waals surface area contributed by atoms with Crippen LogP contribution in [0.15, 0.2) is 64.5 Å². The Morgan fingerprint density at radius 2 is 1.88 bits per heavy atom. The first-order valence-corrected chi connectivity index (χ1v) is 12.5. The van der Waals surface area contributed by atoms with Gasteiger partial charge < -0.3 is 10.1 Å². The normalized spacial score (nSPS) is 14.5. The molecule has 1 aliphatic rings. The predicted octanol–water partition coefficient (Wildman–Crippen LogP) is 4.15. The van der Waals surface area contributed by atoms with Crippen molar-refractivity contribution in [1.29, 1.82) is 0 Å². The minimum absolute atomic E-state index is 0.0423. The van der Waals surface area contributed by atoms with E-state index in [9.17, 15) is 9.59 Å². The standard InChI is InChI=1S/C26H31N3O3S/c1-19(2)32-16-8-15-29-24(31)21-11-6-7-12-22(21)28-25(29)33-17-23(30)27-18-26(13-14-26)20-9-4-3-5-10-20/h3-7,9-12,19H,8,13-18H2,1-2H3,(H,27,30). The summed E-state index contributed by atoms with van der Waals surface area (Å²) in [4.78, 5) is 30.5. The maximum atomic E-state index is 13.1. The van der Waals surface area contributed by atoms with Gasteiger partial charge in [0, 0.05) is 25.1 Å². The average molecular weight is 466 g/mol. The second-order valence-corrected chi connectivity index (χ2v) is 9.80. The molecule has 7 heteroatoms. The number of carbonyl (C=O) groups is 1. The Hall–Kier alpha value is -2.64. The quantitative estimate of drug-likeness (QED) is 0.262. The lowest BCUT2D eigenvalue weighted by atomic mass is 9.96. The van der Waals surface area contributed by atoms with Gasteiger partial charge in [0.25, 0.3) is 5.56 Å². The van der Waals surface area contributed by atoms with E-state index in [2.05, 4.69) is 17.4 Å². The Kier molecular flexibility index (Phi) is 7.50. The summed E-state index contributed by atoms with van der Waals surface area (Å²) in [5.74, 6) is 0.178. The first-order chi connectivity index (χ1) is 16.0. The molecule has 6 nitrogen and oxygen atoms in total. The zero-order valence-electron chi connectivity index (χ0n) is 19.3. The molecule has 3 aromatic rings. The fourth-order valence-corrected chi connectivity index (χ4v) is 4.81. The van der Waals surface area contributed by atoms with Crippen molar-refractivity contribution in [3.8, 4) is 0 Å². The summed E-state index contributed by atoms with van der Waals surface area (Å²) in [5.41, 5.74) is 1.93. The van der Waals surface area contributed by atoms with Gasteiger partial charge in [-0.2, -0.15) is 0 Å². The molecule has 0 radical (unpaired) electrons. The van der Waals surface area contributed by atoms with E-state index in [1.54, 1.807) is 10.6 Å². The van der Waals surface area contributed by atoms with E-state index in [-0.39, 0.29) is 28.7 Å². The molecule has 1 saturated carbocycles. The Bertz CT molecular complexity index is 1160. The number of nitrogens with zero attached hydrogens (tertiary/aromatic N) is 2. The van der Waals surface area contributed by atoms with Gasteiger partial charge in [0.05, 0.1) is 22.8 Å². The number of benzene rings is 2. The topological polar surface area (TPSA) is 73.2 Å². The molecular formula is C26H31N3O3S. The molecule has 4 rings (SSSR count). The van der Waals surface area contributed by atoms with Crippen LogP contribution in [0.3, 0.4) is 0 Å². The number of thioether (sulfide) groups is 1. The van der Waals surface area contributed by atoms with Crippen molar-refractivity contribution in [2.24, 2.45) is 0 Å². The van der Waals surface area contributed by atoms with Crippen LogP contribution in [0.25, 0.3) is 10.9 Å². The maximum absolute atomic E-state index is 13.1. The number of para-hydroxylation sites is 1. The lowest BCUT2D eigenvalue weighted by Crippen LogP contribution is -2.33. The van der Waals surface area contributed by atoms with E-state index in [0.717, 1.165) is 12.8 Å². The molecule has 0 unspecified atom stereocenters. The first kappa shape index (κ1) is 23.5. The SMILES string of the molecule is CC(C)OCCCn1c(SCC(=O)NCC2(c3ccccc3)CC2)nc2ccccc2c1=O. The van der Waals surface area contributed by atoms with Gasteiger partial charge in [0.15, 0.2) is 5.16 Å². The summed E-state index contributed by atoms with van der Waals surface area (Å²) in [7, 11) is 0. The van der Waals surface area contributed by atoms with Crippen molar-refractivity contribution in [1.82, 2.24) is 14.9 Å². The summed E-state index contributed by atoms with van der Waals surface area (Å²) in [6.07, 6.45) is 3.04. The second-order valence-electron chi connectivity index (χ2n) is 8.85. The smallest absolute Gasteiger partial charge is 0.262 e. The van der Waals surface area contributed by atoms with Crippen LogP contribution < -0.4 is 10.9 Å². The number of nitrogens with one attached hydrogen (secondary N) is 1. The van der Waals surface area contributed by atoms with Crippen LogP contribution in [0.1, 0.15) is 38.7 Å². The molecule has 0 saturated heterocycles. The molecule has 2 aromatic carbocycles. The second kappa shape index (κ2) is 10.5. The van der Waals surface area contributed by atoms with Crippen LogP contribution in [-0.4, -0.2) is 40.5 Å². The van der Waals surface area contributed by atoms with E-state index in [0.29, 0.717) is 42.2 Å². The molecular weight excluding hydrogens is 434 g/mol. The zero-order valence-corrected chi connectivity index (χ0v) is 20.1. The number of carbonyl (C=O) groups excluding carboxylic acids is 1. The van der Waals surface area contributed by atoms with Crippen molar-refractivity contribution >= 4 is 28.6 Å². The van der Waals surface area contributed by atoms with Gasteiger partial charge >= 0.3 is 0 Å². The van der Waals surface area contributed by atoms with Gasteiger partial charge in [-0.15, -0.1) is 0 Å². The number of ether oxygens (including phenoxy) is 1. The molecule has 1 aromatic heterocycles. The molecule has 33 heavy (non-hydrogen) atoms. The number of amides is 1. The molecule has 174 valence electrons. The largest absolute Gasteiger partial charge is 0.379 e. The minimum Gasteiger partial charge on any atom is -0.379 e. The minimum atomic E-state index is -0.0749. The molecule has 0 bridgehead atoms. The third-order valence-electron chi connectivity index (χ3n) is 6.00. The average Bonchev–Trinajstić information content (AvgIpc) is 3.62. The molecule has 1 N–H and O–H groups in total. The first-order valence-electron chi connectivity index (χ1n) is 11.5. The lowest BCUT2D eigenvalue weighted by molar-refractivity contribution is -0.118. The Morgan fingerprint density at radius 3 is 2.61 bits per heavy atom.